The minimum atomic E-state index is -0.514. The lowest BCUT2D eigenvalue weighted by Crippen LogP contribution is -2.22. The van der Waals surface area contributed by atoms with Crippen LogP contribution in [-0.2, 0) is 28.9 Å². The van der Waals surface area contributed by atoms with Gasteiger partial charge in [0.2, 0.25) is 5.91 Å². The van der Waals surface area contributed by atoms with Crippen molar-refractivity contribution in [3.05, 3.63) is 23.1 Å². The van der Waals surface area contributed by atoms with E-state index in [1.807, 2.05) is 0 Å². The van der Waals surface area contributed by atoms with E-state index in [1.165, 1.54) is 4.68 Å². The number of carbonyl (C=O) groups excluding carboxylic acids is 2. The maximum atomic E-state index is 12.1. The van der Waals surface area contributed by atoms with Gasteiger partial charge in [-0.25, -0.2) is 4.79 Å². The van der Waals surface area contributed by atoms with Crippen molar-refractivity contribution in [1.82, 2.24) is 20.0 Å². The first-order valence-electron chi connectivity index (χ1n) is 6.69. The lowest BCUT2D eigenvalue weighted by molar-refractivity contribution is -0.118. The summed E-state index contributed by atoms with van der Waals surface area (Å²) in [6, 6.07) is 0. The molecule has 0 spiro atoms. The molecule has 0 radical (unpaired) electrons. The minimum absolute atomic E-state index is 0.0643. The fourth-order valence-corrected chi connectivity index (χ4v) is 2.60. The van der Waals surface area contributed by atoms with Crippen LogP contribution in [0.15, 0.2) is 6.20 Å². The summed E-state index contributed by atoms with van der Waals surface area (Å²) in [4.78, 5) is 23.3. The van der Waals surface area contributed by atoms with Gasteiger partial charge >= 0.3 is 5.97 Å². The fraction of sp³-hybridized carbons (Fsp3) is 0.385. The molecule has 0 unspecified atom stereocenters. The van der Waals surface area contributed by atoms with E-state index in [-0.39, 0.29) is 18.8 Å². The van der Waals surface area contributed by atoms with Gasteiger partial charge in [0.1, 0.15) is 6.54 Å². The van der Waals surface area contributed by atoms with E-state index in [0.717, 1.165) is 23.4 Å². The molecular formula is C13H15N5O3. The van der Waals surface area contributed by atoms with Crippen molar-refractivity contribution in [2.75, 3.05) is 6.61 Å². The highest BCUT2D eigenvalue weighted by Gasteiger charge is 2.30. The third-order valence-electron chi connectivity index (χ3n) is 3.43. The molecule has 0 bridgehead atoms. The molecule has 1 aliphatic rings. The summed E-state index contributed by atoms with van der Waals surface area (Å²) in [5.74, 6) is -1.02. The summed E-state index contributed by atoms with van der Waals surface area (Å²) < 4.78 is 6.52. The molecule has 0 saturated carbocycles. The summed E-state index contributed by atoms with van der Waals surface area (Å²) >= 11 is 0. The fourth-order valence-electron chi connectivity index (χ4n) is 2.60. The molecule has 3 N–H and O–H groups in total. The summed E-state index contributed by atoms with van der Waals surface area (Å²) in [6.07, 6.45) is 3.17. The summed E-state index contributed by atoms with van der Waals surface area (Å²) in [5, 5.41) is 11.1. The number of carbonyl (C=O) groups is 2. The summed E-state index contributed by atoms with van der Waals surface area (Å²) in [5.41, 5.74) is 8.67. The molecule has 0 saturated heterocycles. The smallest absolute Gasteiger partial charge is 0.359 e. The van der Waals surface area contributed by atoms with Crippen molar-refractivity contribution in [2.45, 2.75) is 26.3 Å². The average molecular weight is 289 g/mol. The molecular weight excluding hydrogens is 274 g/mol. The zero-order valence-electron chi connectivity index (χ0n) is 11.5. The molecule has 8 heteroatoms. The van der Waals surface area contributed by atoms with Crippen molar-refractivity contribution < 1.29 is 14.3 Å². The third kappa shape index (κ3) is 2.18. The quantitative estimate of drug-likeness (QED) is 0.770. The number of fused-ring (bicyclic) bond motifs is 3. The van der Waals surface area contributed by atoms with E-state index in [2.05, 4.69) is 15.3 Å². The van der Waals surface area contributed by atoms with Gasteiger partial charge in [-0.2, -0.15) is 10.2 Å². The Morgan fingerprint density at radius 3 is 3.00 bits per heavy atom. The van der Waals surface area contributed by atoms with Crippen molar-refractivity contribution >= 4 is 11.9 Å². The number of primary amides is 1. The van der Waals surface area contributed by atoms with E-state index in [1.54, 1.807) is 13.1 Å². The second-order valence-electron chi connectivity index (χ2n) is 4.78. The van der Waals surface area contributed by atoms with Crippen LogP contribution in [0.1, 0.15) is 28.7 Å². The predicted molar refractivity (Wildman–Crippen MR) is 72.4 cm³/mol. The van der Waals surface area contributed by atoms with E-state index in [9.17, 15) is 9.59 Å². The molecule has 21 heavy (non-hydrogen) atoms. The Morgan fingerprint density at radius 1 is 1.48 bits per heavy atom. The van der Waals surface area contributed by atoms with Gasteiger partial charge in [-0.1, -0.05) is 0 Å². The Bertz CT molecular complexity index is 715. The zero-order chi connectivity index (χ0) is 15.0. The third-order valence-corrected chi connectivity index (χ3v) is 3.43. The number of aryl methyl sites for hydroxylation is 1. The number of esters is 1. The van der Waals surface area contributed by atoms with Crippen molar-refractivity contribution in [2.24, 2.45) is 5.73 Å². The van der Waals surface area contributed by atoms with E-state index in [0.29, 0.717) is 12.0 Å². The van der Waals surface area contributed by atoms with Gasteiger partial charge < -0.3 is 10.5 Å². The highest BCUT2D eigenvalue weighted by molar-refractivity contribution is 5.96. The number of nitrogens with zero attached hydrogens (tertiary/aromatic N) is 3. The molecule has 0 aromatic carbocycles. The van der Waals surface area contributed by atoms with Crippen LogP contribution in [0.5, 0.6) is 0 Å². The molecule has 1 aliphatic carbocycles. The number of H-pyrrole nitrogens is 1. The van der Waals surface area contributed by atoms with Gasteiger partial charge in [0, 0.05) is 5.69 Å². The van der Waals surface area contributed by atoms with E-state index >= 15 is 0 Å². The molecule has 3 rings (SSSR count). The highest BCUT2D eigenvalue weighted by Crippen LogP contribution is 2.34. The Balaban J connectivity index is 2.15. The monoisotopic (exact) mass is 289 g/mol. The molecule has 1 amide bonds. The maximum absolute atomic E-state index is 12.1. The van der Waals surface area contributed by atoms with Gasteiger partial charge in [0.25, 0.3) is 0 Å². The van der Waals surface area contributed by atoms with Crippen LogP contribution in [-0.4, -0.2) is 38.5 Å². The largest absolute Gasteiger partial charge is 0.461 e. The van der Waals surface area contributed by atoms with Crippen molar-refractivity contribution in [3.8, 4) is 11.3 Å². The van der Waals surface area contributed by atoms with Crippen LogP contribution in [0, 0.1) is 0 Å². The van der Waals surface area contributed by atoms with Crippen molar-refractivity contribution in [1.29, 1.82) is 0 Å². The number of aromatic nitrogens is 4. The molecule has 0 aliphatic heterocycles. The maximum Gasteiger partial charge on any atom is 0.359 e. The Kier molecular flexibility index (Phi) is 3.20. The Labute approximate surface area is 120 Å². The van der Waals surface area contributed by atoms with E-state index in [4.69, 9.17) is 10.5 Å². The molecule has 2 heterocycles. The van der Waals surface area contributed by atoms with E-state index < -0.39 is 11.9 Å². The first-order valence-corrected chi connectivity index (χ1v) is 6.69. The molecule has 2 aromatic rings. The second kappa shape index (κ2) is 5.04. The molecule has 8 nitrogen and oxygen atoms in total. The van der Waals surface area contributed by atoms with Crippen molar-refractivity contribution in [3.63, 3.8) is 0 Å². The second-order valence-corrected chi connectivity index (χ2v) is 4.78. The SMILES string of the molecule is CCOC(=O)c1nn(CC(N)=O)c2c1-c1[nH]ncc1CC2. The molecule has 0 atom stereocenters. The average Bonchev–Trinajstić information content (AvgIpc) is 3.02. The standard InChI is InChI=1S/C13H15N5O3/c1-2-21-13(20)12-10-8(18(17-12)6-9(14)19)4-3-7-5-15-16-11(7)10/h5H,2-4,6H2,1H3,(H2,14,19)(H,15,16). The first kappa shape index (κ1) is 13.3. The van der Waals surface area contributed by atoms with Crippen LogP contribution in [0.25, 0.3) is 11.3 Å². The summed E-state index contributed by atoms with van der Waals surface area (Å²) in [6.45, 7) is 1.92. The number of hydrogen-bond donors (Lipinski definition) is 2. The number of rotatable bonds is 4. The normalized spacial score (nSPS) is 12.6. The number of nitrogens with one attached hydrogen (secondary N) is 1. The van der Waals surface area contributed by atoms with Crippen LogP contribution in [0.4, 0.5) is 0 Å². The van der Waals surface area contributed by atoms with Gasteiger partial charge in [0.05, 0.1) is 24.1 Å². The van der Waals surface area contributed by atoms with Gasteiger partial charge in [-0.15, -0.1) is 0 Å². The number of nitrogens with two attached hydrogens (primary N) is 1. The minimum Gasteiger partial charge on any atom is -0.461 e. The summed E-state index contributed by atoms with van der Waals surface area (Å²) in [7, 11) is 0. The van der Waals surface area contributed by atoms with Crippen LogP contribution >= 0.6 is 0 Å². The lowest BCUT2D eigenvalue weighted by Gasteiger charge is -2.13. The van der Waals surface area contributed by atoms with Crippen LogP contribution in [0.2, 0.25) is 0 Å². The zero-order valence-corrected chi connectivity index (χ0v) is 11.5. The lowest BCUT2D eigenvalue weighted by atomic mass is 9.94. The topological polar surface area (TPSA) is 116 Å². The van der Waals surface area contributed by atoms with Crippen LogP contribution < -0.4 is 5.73 Å². The predicted octanol–water partition coefficient (Wildman–Crippen LogP) is 0.0338. The van der Waals surface area contributed by atoms with Gasteiger partial charge in [-0.05, 0) is 25.3 Å². The molecule has 0 fully saturated rings. The van der Waals surface area contributed by atoms with Crippen LogP contribution in [0.3, 0.4) is 0 Å². The Hall–Kier alpha value is -2.64. The first-order chi connectivity index (χ1) is 10.1. The Morgan fingerprint density at radius 2 is 2.29 bits per heavy atom. The molecule has 110 valence electrons. The van der Waals surface area contributed by atoms with Gasteiger partial charge in [0.15, 0.2) is 5.69 Å². The highest BCUT2D eigenvalue weighted by atomic mass is 16.5. The number of aromatic amines is 1. The number of hydrogen-bond acceptors (Lipinski definition) is 5. The van der Waals surface area contributed by atoms with Gasteiger partial charge in [-0.3, -0.25) is 14.6 Å². The number of amides is 1. The molecule has 2 aromatic heterocycles. The number of ether oxygens (including phenoxy) is 1.